The van der Waals surface area contributed by atoms with Gasteiger partial charge < -0.3 is 0 Å². The van der Waals surface area contributed by atoms with E-state index in [4.69, 9.17) is 0 Å². The second-order valence-corrected chi connectivity index (χ2v) is 6.64. The fourth-order valence-electron chi connectivity index (χ4n) is 0.944. The zero-order valence-electron chi connectivity index (χ0n) is 7.42. The number of hydrogen-bond donors (Lipinski definition) is 1. The Balaban J connectivity index is 3.09. The smallest absolute Gasteiger partial charge is 0.242 e. The fraction of sp³-hybridized carbons (Fsp3) is 0.250. The van der Waals surface area contributed by atoms with E-state index >= 15 is 0 Å². The first-order valence-electron chi connectivity index (χ1n) is 3.78. The summed E-state index contributed by atoms with van der Waals surface area (Å²) in [5.41, 5.74) is 1.47. The molecule has 0 aliphatic rings. The molecule has 0 heterocycles. The molecule has 1 rings (SSSR count). The van der Waals surface area contributed by atoms with Gasteiger partial charge in [0.15, 0.2) is 0 Å². The normalized spacial score (nSPS) is 11.4. The van der Waals surface area contributed by atoms with Crippen LogP contribution in [0.3, 0.4) is 0 Å². The number of sulfonamides is 1. The van der Waals surface area contributed by atoms with Gasteiger partial charge in [-0.1, -0.05) is 28.1 Å². The highest BCUT2D eigenvalue weighted by atomic mass is 79.9. The van der Waals surface area contributed by atoms with Gasteiger partial charge in [-0.3, -0.25) is 4.72 Å². The number of rotatable bonds is 3. The molecular formula is C8H9Br2NO2S. The molecule has 0 atom stereocenters. The predicted octanol–water partition coefficient (Wildman–Crippen LogP) is 2.85. The van der Waals surface area contributed by atoms with Crippen molar-refractivity contribution in [2.45, 2.75) is 6.92 Å². The minimum Gasteiger partial charge on any atom is -0.281 e. The van der Waals surface area contributed by atoms with Gasteiger partial charge in [0.25, 0.3) is 0 Å². The van der Waals surface area contributed by atoms with Crippen LogP contribution >= 0.6 is 31.9 Å². The third-order valence-electron chi connectivity index (χ3n) is 1.62. The van der Waals surface area contributed by atoms with E-state index in [1.54, 1.807) is 6.07 Å². The fourth-order valence-corrected chi connectivity index (χ4v) is 2.62. The molecule has 0 fully saturated rings. The summed E-state index contributed by atoms with van der Waals surface area (Å²) in [6.45, 7) is 1.84. The summed E-state index contributed by atoms with van der Waals surface area (Å²) < 4.78 is 25.7. The van der Waals surface area contributed by atoms with Gasteiger partial charge in [-0.25, -0.2) is 8.42 Å². The quantitative estimate of drug-likeness (QED) is 0.858. The van der Waals surface area contributed by atoms with Crippen LogP contribution in [0.15, 0.2) is 22.7 Å². The van der Waals surface area contributed by atoms with Crippen molar-refractivity contribution in [2.24, 2.45) is 0 Å². The van der Waals surface area contributed by atoms with Gasteiger partial charge in [-0.2, -0.15) is 0 Å². The van der Waals surface area contributed by atoms with Gasteiger partial charge in [0, 0.05) is 4.47 Å². The van der Waals surface area contributed by atoms with Crippen molar-refractivity contribution in [1.29, 1.82) is 0 Å². The third kappa shape index (κ3) is 2.96. The first-order valence-corrected chi connectivity index (χ1v) is 7.34. The lowest BCUT2D eigenvalue weighted by atomic mass is 10.2. The van der Waals surface area contributed by atoms with E-state index in [1.807, 2.05) is 19.1 Å². The zero-order valence-corrected chi connectivity index (χ0v) is 11.4. The number of aryl methyl sites for hydroxylation is 1. The second-order valence-electron chi connectivity index (χ2n) is 2.76. The van der Waals surface area contributed by atoms with Crippen molar-refractivity contribution < 1.29 is 8.42 Å². The van der Waals surface area contributed by atoms with Gasteiger partial charge in [0.05, 0.1) is 5.69 Å². The van der Waals surface area contributed by atoms with Crippen LogP contribution < -0.4 is 4.72 Å². The Morgan fingerprint density at radius 3 is 2.57 bits per heavy atom. The van der Waals surface area contributed by atoms with Crippen LogP contribution in [0.25, 0.3) is 0 Å². The molecule has 0 aliphatic carbocycles. The van der Waals surface area contributed by atoms with E-state index in [0.29, 0.717) is 5.69 Å². The SMILES string of the molecule is Cc1cccc(Br)c1NS(=O)(=O)CBr. The minimum absolute atomic E-state index is 0.110. The summed E-state index contributed by atoms with van der Waals surface area (Å²) in [5.74, 6) is 0. The third-order valence-corrected chi connectivity index (χ3v) is 4.89. The number of halogens is 2. The number of nitrogens with one attached hydrogen (secondary N) is 1. The van der Waals surface area contributed by atoms with E-state index in [-0.39, 0.29) is 4.66 Å². The Bertz CT molecular complexity index is 411. The lowest BCUT2D eigenvalue weighted by molar-refractivity contribution is 0.606. The average molecular weight is 343 g/mol. The van der Waals surface area contributed by atoms with Crippen LogP contribution in [-0.2, 0) is 10.0 Å². The predicted molar refractivity (Wildman–Crippen MR) is 65.2 cm³/mol. The van der Waals surface area contributed by atoms with E-state index in [1.165, 1.54) is 0 Å². The number of benzene rings is 1. The Hall–Kier alpha value is -0.0700. The lowest BCUT2D eigenvalue weighted by Gasteiger charge is -2.10. The molecule has 0 bridgehead atoms. The van der Waals surface area contributed by atoms with Crippen LogP contribution in [0.2, 0.25) is 0 Å². The maximum atomic E-state index is 11.3. The highest BCUT2D eigenvalue weighted by Gasteiger charge is 2.11. The summed E-state index contributed by atoms with van der Waals surface area (Å²) in [4.78, 5) is 0. The summed E-state index contributed by atoms with van der Waals surface area (Å²) in [7, 11) is -3.28. The van der Waals surface area contributed by atoms with Crippen LogP contribution in [0, 0.1) is 6.92 Å². The van der Waals surface area contributed by atoms with E-state index in [0.717, 1.165) is 10.0 Å². The maximum Gasteiger partial charge on any atom is 0.242 e. The van der Waals surface area contributed by atoms with Crippen molar-refractivity contribution in [3.05, 3.63) is 28.2 Å². The van der Waals surface area contributed by atoms with Crippen molar-refractivity contribution in [2.75, 3.05) is 9.38 Å². The molecule has 14 heavy (non-hydrogen) atoms. The molecule has 3 nitrogen and oxygen atoms in total. The van der Waals surface area contributed by atoms with E-state index in [2.05, 4.69) is 36.6 Å². The highest BCUT2D eigenvalue weighted by Crippen LogP contribution is 2.26. The van der Waals surface area contributed by atoms with Crippen LogP contribution in [-0.4, -0.2) is 13.1 Å². The first-order chi connectivity index (χ1) is 6.46. The summed E-state index contributed by atoms with van der Waals surface area (Å²) in [6.07, 6.45) is 0. The van der Waals surface area contributed by atoms with Gasteiger partial charge in [0.2, 0.25) is 10.0 Å². The Morgan fingerprint density at radius 1 is 1.43 bits per heavy atom. The Labute approximate surface area is 100 Å². The Morgan fingerprint density at radius 2 is 2.07 bits per heavy atom. The number of anilines is 1. The molecule has 0 unspecified atom stereocenters. The molecule has 0 aromatic heterocycles. The van der Waals surface area contributed by atoms with Crippen molar-refractivity contribution in [3.8, 4) is 0 Å². The zero-order chi connectivity index (χ0) is 10.8. The van der Waals surface area contributed by atoms with Gasteiger partial charge >= 0.3 is 0 Å². The van der Waals surface area contributed by atoms with Crippen LogP contribution in [0.5, 0.6) is 0 Å². The number of hydrogen-bond acceptors (Lipinski definition) is 2. The molecular weight excluding hydrogens is 334 g/mol. The molecule has 78 valence electrons. The van der Waals surface area contributed by atoms with E-state index in [9.17, 15) is 8.42 Å². The summed E-state index contributed by atoms with van der Waals surface area (Å²) >= 11 is 6.20. The molecule has 1 aromatic rings. The van der Waals surface area contributed by atoms with Gasteiger partial charge in [-0.15, -0.1) is 0 Å². The van der Waals surface area contributed by atoms with Crippen molar-refractivity contribution in [3.63, 3.8) is 0 Å². The molecule has 0 amide bonds. The molecule has 6 heteroatoms. The standard InChI is InChI=1S/C8H9Br2NO2S/c1-6-3-2-4-7(10)8(6)11-14(12,13)5-9/h2-4,11H,5H2,1H3. The molecule has 1 aromatic carbocycles. The Kier molecular flexibility index (Phi) is 3.97. The molecule has 0 saturated heterocycles. The second kappa shape index (κ2) is 4.63. The van der Waals surface area contributed by atoms with Crippen molar-refractivity contribution >= 4 is 47.6 Å². The largest absolute Gasteiger partial charge is 0.281 e. The number of para-hydroxylation sites is 1. The lowest BCUT2D eigenvalue weighted by Crippen LogP contribution is -2.14. The average Bonchev–Trinajstić information content (AvgIpc) is 2.12. The van der Waals surface area contributed by atoms with Crippen LogP contribution in [0.1, 0.15) is 5.56 Å². The summed E-state index contributed by atoms with van der Waals surface area (Å²) in [6, 6.07) is 5.49. The summed E-state index contributed by atoms with van der Waals surface area (Å²) in [5, 5.41) is 0. The minimum atomic E-state index is -3.28. The molecule has 0 radical (unpaired) electrons. The molecule has 0 spiro atoms. The van der Waals surface area contributed by atoms with Crippen molar-refractivity contribution in [1.82, 2.24) is 0 Å². The topological polar surface area (TPSA) is 46.2 Å². The maximum absolute atomic E-state index is 11.3. The monoisotopic (exact) mass is 341 g/mol. The molecule has 1 N–H and O–H groups in total. The number of alkyl halides is 1. The molecule has 0 saturated carbocycles. The van der Waals surface area contributed by atoms with Gasteiger partial charge in [0.1, 0.15) is 4.66 Å². The van der Waals surface area contributed by atoms with Crippen LogP contribution in [0.4, 0.5) is 5.69 Å². The molecule has 0 aliphatic heterocycles. The highest BCUT2D eigenvalue weighted by molar-refractivity contribution is 9.11. The van der Waals surface area contributed by atoms with E-state index < -0.39 is 10.0 Å². The first kappa shape index (κ1) is 12.0. The van der Waals surface area contributed by atoms with Gasteiger partial charge in [-0.05, 0) is 34.5 Å².